The lowest BCUT2D eigenvalue weighted by Gasteiger charge is -2.24. The average Bonchev–Trinajstić information content (AvgIpc) is 2.46. The molecule has 0 bridgehead atoms. The molecule has 86 valence electrons. The van der Waals surface area contributed by atoms with Crippen LogP contribution in [0.25, 0.3) is 0 Å². The minimum Gasteiger partial charge on any atom is -0.387 e. The second-order valence-electron chi connectivity index (χ2n) is 3.94. The Morgan fingerprint density at radius 1 is 1.47 bits per heavy atom. The molecule has 1 atom stereocenters. The van der Waals surface area contributed by atoms with Crippen LogP contribution in [0.4, 0.5) is 0 Å². The van der Waals surface area contributed by atoms with E-state index in [0.717, 1.165) is 10.7 Å². The first-order valence-electron chi connectivity index (χ1n) is 5.15. The van der Waals surface area contributed by atoms with Gasteiger partial charge in [0.15, 0.2) is 0 Å². The van der Waals surface area contributed by atoms with Crippen molar-refractivity contribution in [1.29, 1.82) is 0 Å². The fourth-order valence-electron chi connectivity index (χ4n) is 1.44. The molecule has 15 heavy (non-hydrogen) atoms. The van der Waals surface area contributed by atoms with Crippen LogP contribution < -0.4 is 0 Å². The highest BCUT2D eigenvalue weighted by Crippen LogP contribution is 2.23. The highest BCUT2D eigenvalue weighted by molar-refractivity contribution is 7.11. The summed E-state index contributed by atoms with van der Waals surface area (Å²) in [6.07, 6.45) is 1.26. The summed E-state index contributed by atoms with van der Waals surface area (Å²) in [7, 11) is 1.61. The van der Waals surface area contributed by atoms with E-state index in [4.69, 9.17) is 4.74 Å². The van der Waals surface area contributed by atoms with E-state index in [0.29, 0.717) is 19.4 Å². The fraction of sp³-hybridized carbons (Fsp3) is 0.727. The molecule has 0 aliphatic rings. The van der Waals surface area contributed by atoms with E-state index in [1.165, 1.54) is 4.88 Å². The summed E-state index contributed by atoms with van der Waals surface area (Å²) in [5.74, 6) is 0. The maximum atomic E-state index is 10.2. The normalized spacial score (nSPS) is 15.3. The molecule has 1 N–H and O–H groups in total. The summed E-state index contributed by atoms with van der Waals surface area (Å²) < 4.78 is 5.03. The maximum Gasteiger partial charge on any atom is 0.0960 e. The fourth-order valence-corrected chi connectivity index (χ4v) is 2.51. The van der Waals surface area contributed by atoms with Crippen molar-refractivity contribution in [1.82, 2.24) is 4.98 Å². The first kappa shape index (κ1) is 12.6. The average molecular weight is 229 g/mol. The van der Waals surface area contributed by atoms with Crippen LogP contribution in [-0.2, 0) is 11.2 Å². The third kappa shape index (κ3) is 3.26. The number of aromatic nitrogens is 1. The van der Waals surface area contributed by atoms with E-state index >= 15 is 0 Å². The molecule has 1 aromatic rings. The standard InChI is InChI=1S/C11H19NO2S/c1-5-11(13,7-14-4)6-10-12-8(2)9(3)15-10/h13H,5-7H2,1-4H3. The van der Waals surface area contributed by atoms with Crippen molar-refractivity contribution < 1.29 is 9.84 Å². The van der Waals surface area contributed by atoms with Gasteiger partial charge >= 0.3 is 0 Å². The van der Waals surface area contributed by atoms with Gasteiger partial charge in [0.1, 0.15) is 0 Å². The van der Waals surface area contributed by atoms with Gasteiger partial charge in [-0.1, -0.05) is 6.92 Å². The zero-order valence-electron chi connectivity index (χ0n) is 9.83. The van der Waals surface area contributed by atoms with E-state index < -0.39 is 5.60 Å². The Hall–Kier alpha value is -0.450. The molecule has 0 fully saturated rings. The first-order valence-corrected chi connectivity index (χ1v) is 5.96. The van der Waals surface area contributed by atoms with Crippen molar-refractivity contribution in [2.24, 2.45) is 0 Å². The molecular weight excluding hydrogens is 210 g/mol. The van der Waals surface area contributed by atoms with E-state index in [2.05, 4.69) is 11.9 Å². The molecule has 0 saturated carbocycles. The molecular formula is C11H19NO2S. The van der Waals surface area contributed by atoms with Gasteiger partial charge in [-0.25, -0.2) is 4.98 Å². The van der Waals surface area contributed by atoms with Crippen LogP contribution in [0.5, 0.6) is 0 Å². The van der Waals surface area contributed by atoms with Crippen molar-refractivity contribution in [2.45, 2.75) is 39.2 Å². The zero-order chi connectivity index (χ0) is 11.5. The van der Waals surface area contributed by atoms with Crippen LogP contribution in [0.15, 0.2) is 0 Å². The van der Waals surface area contributed by atoms with Gasteiger partial charge < -0.3 is 9.84 Å². The number of rotatable bonds is 5. The topological polar surface area (TPSA) is 42.4 Å². The summed E-state index contributed by atoms with van der Waals surface area (Å²) >= 11 is 1.66. The third-order valence-corrected chi connectivity index (χ3v) is 3.70. The Balaban J connectivity index is 2.74. The highest BCUT2D eigenvalue weighted by atomic mass is 32.1. The van der Waals surface area contributed by atoms with Gasteiger partial charge in [0.2, 0.25) is 0 Å². The Bertz CT molecular complexity index is 305. The molecule has 1 heterocycles. The van der Waals surface area contributed by atoms with Gasteiger partial charge in [0.25, 0.3) is 0 Å². The van der Waals surface area contributed by atoms with Crippen LogP contribution in [0, 0.1) is 13.8 Å². The number of aryl methyl sites for hydroxylation is 2. The van der Waals surface area contributed by atoms with Crippen LogP contribution in [0.1, 0.15) is 28.9 Å². The minimum atomic E-state index is -0.772. The molecule has 1 aromatic heterocycles. The first-order chi connectivity index (χ1) is 7.00. The van der Waals surface area contributed by atoms with Gasteiger partial charge in [-0.05, 0) is 20.3 Å². The van der Waals surface area contributed by atoms with Crippen LogP contribution in [0.3, 0.4) is 0 Å². The Labute approximate surface area is 95.1 Å². The summed E-state index contributed by atoms with van der Waals surface area (Å²) in [5.41, 5.74) is 0.289. The monoisotopic (exact) mass is 229 g/mol. The SMILES string of the molecule is CCC(O)(COC)Cc1nc(C)c(C)s1. The van der Waals surface area contributed by atoms with Crippen molar-refractivity contribution in [3.8, 4) is 0 Å². The molecule has 0 radical (unpaired) electrons. The largest absolute Gasteiger partial charge is 0.387 e. The van der Waals surface area contributed by atoms with E-state index in [1.807, 2.05) is 13.8 Å². The lowest BCUT2D eigenvalue weighted by Crippen LogP contribution is -2.35. The number of aliphatic hydroxyl groups is 1. The summed E-state index contributed by atoms with van der Waals surface area (Å²) in [6, 6.07) is 0. The van der Waals surface area contributed by atoms with Gasteiger partial charge in [0.05, 0.1) is 22.9 Å². The molecule has 0 saturated heterocycles. The minimum absolute atomic E-state index is 0.362. The molecule has 0 aromatic carbocycles. The number of methoxy groups -OCH3 is 1. The molecule has 0 aliphatic carbocycles. The lowest BCUT2D eigenvalue weighted by molar-refractivity contribution is -0.0333. The van der Waals surface area contributed by atoms with Crippen molar-refractivity contribution in [2.75, 3.05) is 13.7 Å². The van der Waals surface area contributed by atoms with Crippen LogP contribution in [-0.4, -0.2) is 29.4 Å². The molecule has 1 rings (SSSR count). The predicted molar refractivity (Wildman–Crippen MR) is 62.4 cm³/mol. The van der Waals surface area contributed by atoms with Crippen molar-refractivity contribution in [3.63, 3.8) is 0 Å². The van der Waals surface area contributed by atoms with Gasteiger partial charge in [0, 0.05) is 18.4 Å². The van der Waals surface area contributed by atoms with Crippen LogP contribution >= 0.6 is 11.3 Å². The Morgan fingerprint density at radius 2 is 2.13 bits per heavy atom. The van der Waals surface area contributed by atoms with E-state index in [1.54, 1.807) is 18.4 Å². The summed E-state index contributed by atoms with van der Waals surface area (Å²) in [5, 5.41) is 11.2. The second kappa shape index (κ2) is 5.05. The number of hydrogen-bond acceptors (Lipinski definition) is 4. The lowest BCUT2D eigenvalue weighted by atomic mass is 9.98. The molecule has 1 unspecified atom stereocenters. The van der Waals surface area contributed by atoms with Crippen molar-refractivity contribution >= 4 is 11.3 Å². The molecule has 4 heteroatoms. The second-order valence-corrected chi connectivity index (χ2v) is 5.22. The molecule has 0 amide bonds. The number of nitrogens with zero attached hydrogens (tertiary/aromatic N) is 1. The van der Waals surface area contributed by atoms with Crippen molar-refractivity contribution in [3.05, 3.63) is 15.6 Å². The Kier molecular flexibility index (Phi) is 4.25. The Morgan fingerprint density at radius 3 is 2.53 bits per heavy atom. The maximum absolute atomic E-state index is 10.2. The smallest absolute Gasteiger partial charge is 0.0960 e. The molecule has 0 spiro atoms. The number of ether oxygens (including phenoxy) is 1. The third-order valence-electron chi connectivity index (χ3n) is 2.62. The quantitative estimate of drug-likeness (QED) is 0.840. The zero-order valence-corrected chi connectivity index (χ0v) is 10.6. The molecule has 3 nitrogen and oxygen atoms in total. The summed E-state index contributed by atoms with van der Waals surface area (Å²) in [4.78, 5) is 5.65. The van der Waals surface area contributed by atoms with Gasteiger partial charge in [-0.2, -0.15) is 0 Å². The highest BCUT2D eigenvalue weighted by Gasteiger charge is 2.26. The predicted octanol–water partition coefficient (Wildman–Crippen LogP) is 2.09. The number of thiazole rings is 1. The van der Waals surface area contributed by atoms with Gasteiger partial charge in [-0.3, -0.25) is 0 Å². The van der Waals surface area contributed by atoms with E-state index in [9.17, 15) is 5.11 Å². The molecule has 0 aliphatic heterocycles. The summed E-state index contributed by atoms with van der Waals surface area (Å²) in [6.45, 7) is 6.38. The van der Waals surface area contributed by atoms with Gasteiger partial charge in [-0.15, -0.1) is 11.3 Å². The van der Waals surface area contributed by atoms with Crippen LogP contribution in [0.2, 0.25) is 0 Å². The van der Waals surface area contributed by atoms with E-state index in [-0.39, 0.29) is 0 Å². The number of hydrogen-bond donors (Lipinski definition) is 1.